The summed E-state index contributed by atoms with van der Waals surface area (Å²) < 4.78 is 0. The Morgan fingerprint density at radius 1 is 0.778 bits per heavy atom. The molecular weight excluding hydrogens is 440 g/mol. The fourth-order valence-corrected chi connectivity index (χ4v) is 5.41. The van der Waals surface area contributed by atoms with Gasteiger partial charge in [-0.2, -0.15) is 0 Å². The van der Waals surface area contributed by atoms with Crippen LogP contribution >= 0.6 is 0 Å². The third kappa shape index (κ3) is 5.16. The zero-order chi connectivity index (χ0) is 25.1. The number of imidazole rings is 1. The maximum atomic E-state index is 5.30. The van der Waals surface area contributed by atoms with Crippen molar-refractivity contribution >= 4 is 0 Å². The van der Waals surface area contributed by atoms with Gasteiger partial charge in [0.05, 0.1) is 11.7 Å². The first-order valence-electron chi connectivity index (χ1n) is 13.1. The number of benzene rings is 3. The van der Waals surface area contributed by atoms with Gasteiger partial charge in [0.15, 0.2) is 0 Å². The summed E-state index contributed by atoms with van der Waals surface area (Å²) in [6, 6.07) is 30.9. The molecular formula is C32H38N4. The summed E-state index contributed by atoms with van der Waals surface area (Å²) in [6.07, 6.45) is 0. The quantitative estimate of drug-likeness (QED) is 0.334. The Labute approximate surface area is 215 Å². The maximum Gasteiger partial charge on any atom is 0.137 e. The Morgan fingerprint density at radius 3 is 1.86 bits per heavy atom. The number of aryl methyl sites for hydroxylation is 1. The van der Waals surface area contributed by atoms with Crippen LogP contribution in [0.4, 0.5) is 0 Å². The molecule has 0 aliphatic carbocycles. The summed E-state index contributed by atoms with van der Waals surface area (Å²) in [7, 11) is 0. The van der Waals surface area contributed by atoms with Gasteiger partial charge < -0.3 is 10.3 Å². The Hall–Kier alpha value is -3.21. The molecule has 1 aromatic heterocycles. The van der Waals surface area contributed by atoms with Gasteiger partial charge in [0.2, 0.25) is 0 Å². The highest BCUT2D eigenvalue weighted by atomic mass is 15.2. The number of nitrogens with one attached hydrogen (secondary N) is 2. The second-order valence-corrected chi connectivity index (χ2v) is 11.0. The van der Waals surface area contributed by atoms with Crippen molar-refractivity contribution in [2.24, 2.45) is 0 Å². The van der Waals surface area contributed by atoms with Crippen molar-refractivity contribution in [2.45, 2.75) is 45.1 Å². The fraction of sp³-hybridized carbons (Fsp3) is 0.344. The third-order valence-corrected chi connectivity index (χ3v) is 7.40. The molecule has 0 amide bonds. The monoisotopic (exact) mass is 478 g/mol. The summed E-state index contributed by atoms with van der Waals surface area (Å²) in [4.78, 5) is 11.6. The van der Waals surface area contributed by atoms with E-state index in [1.54, 1.807) is 0 Å². The van der Waals surface area contributed by atoms with Crippen LogP contribution in [0.25, 0.3) is 11.4 Å². The van der Waals surface area contributed by atoms with Crippen LogP contribution in [0.15, 0.2) is 84.9 Å². The Balaban J connectivity index is 1.61. The molecule has 0 bridgehead atoms. The molecule has 0 spiro atoms. The fourth-order valence-electron chi connectivity index (χ4n) is 5.41. The van der Waals surface area contributed by atoms with E-state index in [9.17, 15) is 0 Å². The van der Waals surface area contributed by atoms with Gasteiger partial charge in [-0.25, -0.2) is 4.98 Å². The number of H-pyrrole nitrogens is 1. The van der Waals surface area contributed by atoms with E-state index in [0.717, 1.165) is 49.0 Å². The van der Waals surface area contributed by atoms with Crippen LogP contribution in [0, 0.1) is 6.92 Å². The minimum atomic E-state index is 0.134. The topological polar surface area (TPSA) is 44.0 Å². The van der Waals surface area contributed by atoms with Crippen molar-refractivity contribution in [1.82, 2.24) is 20.2 Å². The molecule has 0 radical (unpaired) electrons. The van der Waals surface area contributed by atoms with E-state index in [-0.39, 0.29) is 17.4 Å². The number of hydrogen-bond acceptors (Lipinski definition) is 3. The molecule has 1 fully saturated rings. The molecule has 3 aromatic carbocycles. The predicted molar refractivity (Wildman–Crippen MR) is 149 cm³/mol. The first kappa shape index (κ1) is 24.5. The Morgan fingerprint density at radius 2 is 1.33 bits per heavy atom. The van der Waals surface area contributed by atoms with Gasteiger partial charge in [0, 0.05) is 43.4 Å². The van der Waals surface area contributed by atoms with Crippen LogP contribution in [-0.2, 0) is 5.41 Å². The van der Waals surface area contributed by atoms with Crippen LogP contribution in [-0.4, -0.2) is 41.0 Å². The van der Waals surface area contributed by atoms with Gasteiger partial charge >= 0.3 is 0 Å². The maximum absolute atomic E-state index is 5.30. The highest BCUT2D eigenvalue weighted by Crippen LogP contribution is 2.42. The molecule has 1 aliphatic rings. The first-order valence-corrected chi connectivity index (χ1v) is 13.1. The van der Waals surface area contributed by atoms with Gasteiger partial charge in [-0.3, -0.25) is 4.90 Å². The lowest BCUT2D eigenvalue weighted by atomic mass is 9.82. The summed E-state index contributed by atoms with van der Waals surface area (Å²) in [5.41, 5.74) is 7.54. The number of hydrogen-bond donors (Lipinski definition) is 2. The molecule has 186 valence electrons. The molecule has 1 unspecified atom stereocenters. The lowest BCUT2D eigenvalue weighted by Crippen LogP contribution is -2.47. The second kappa shape index (κ2) is 10.4. The van der Waals surface area contributed by atoms with E-state index in [2.05, 4.69) is 128 Å². The highest BCUT2D eigenvalue weighted by molar-refractivity contribution is 5.57. The number of rotatable bonds is 6. The molecule has 4 aromatic rings. The van der Waals surface area contributed by atoms with Crippen molar-refractivity contribution in [3.63, 3.8) is 0 Å². The Bertz CT molecular complexity index is 1210. The average Bonchev–Trinajstić information content (AvgIpc) is 3.29. The molecule has 5 rings (SSSR count). The number of aromatic nitrogens is 2. The molecule has 1 saturated heterocycles. The lowest BCUT2D eigenvalue weighted by molar-refractivity contribution is 0.156. The highest BCUT2D eigenvalue weighted by Gasteiger charge is 2.35. The largest absolute Gasteiger partial charge is 0.342 e. The van der Waals surface area contributed by atoms with Gasteiger partial charge in [-0.05, 0) is 29.0 Å². The Kier molecular flexibility index (Phi) is 7.08. The molecule has 4 heteroatoms. The van der Waals surface area contributed by atoms with Crippen LogP contribution in [0.2, 0.25) is 0 Å². The van der Waals surface area contributed by atoms with Gasteiger partial charge in [0.1, 0.15) is 5.82 Å². The molecule has 1 atom stereocenters. The first-order chi connectivity index (χ1) is 17.4. The normalized spacial score (nSPS) is 15.8. The van der Waals surface area contributed by atoms with Crippen molar-refractivity contribution in [1.29, 1.82) is 0 Å². The molecule has 2 heterocycles. The van der Waals surface area contributed by atoms with Crippen LogP contribution < -0.4 is 5.32 Å². The summed E-state index contributed by atoms with van der Waals surface area (Å²) in [5, 5.41) is 3.53. The number of nitrogens with zero attached hydrogens (tertiary/aromatic N) is 2. The standard InChI is InChI=1S/C32H38N4/c1-23-29(35-31(34-23)26-15-17-27(18-16-26)32(2,3)4)30(36-21-19-33-20-22-36)28(24-11-7-5-8-12-24)25-13-9-6-10-14-25/h5-18,28,30,33H,19-22H2,1-4H3,(H,34,35). The van der Waals surface area contributed by atoms with E-state index in [1.807, 2.05) is 0 Å². The molecule has 4 nitrogen and oxygen atoms in total. The van der Waals surface area contributed by atoms with E-state index in [4.69, 9.17) is 4.98 Å². The van der Waals surface area contributed by atoms with E-state index in [0.29, 0.717) is 0 Å². The lowest BCUT2D eigenvalue weighted by Gasteiger charge is -2.39. The zero-order valence-corrected chi connectivity index (χ0v) is 22.0. The van der Waals surface area contributed by atoms with E-state index >= 15 is 0 Å². The SMILES string of the molecule is Cc1[nH]c(-c2ccc(C(C)(C)C)cc2)nc1C(C(c1ccccc1)c1ccccc1)N1CCNCC1. The van der Waals surface area contributed by atoms with E-state index < -0.39 is 0 Å². The summed E-state index contributed by atoms with van der Waals surface area (Å²) in [6.45, 7) is 12.9. The summed E-state index contributed by atoms with van der Waals surface area (Å²) in [5.74, 6) is 1.13. The third-order valence-electron chi connectivity index (χ3n) is 7.40. The van der Waals surface area contributed by atoms with Crippen LogP contribution in [0.5, 0.6) is 0 Å². The summed E-state index contributed by atoms with van der Waals surface area (Å²) >= 11 is 0. The van der Waals surface area contributed by atoms with Gasteiger partial charge in [-0.15, -0.1) is 0 Å². The average molecular weight is 479 g/mol. The minimum Gasteiger partial charge on any atom is -0.342 e. The predicted octanol–water partition coefficient (Wildman–Crippen LogP) is 6.46. The number of aromatic amines is 1. The van der Waals surface area contributed by atoms with Crippen molar-refractivity contribution < 1.29 is 0 Å². The smallest absolute Gasteiger partial charge is 0.137 e. The second-order valence-electron chi connectivity index (χ2n) is 11.0. The number of piperazine rings is 1. The minimum absolute atomic E-state index is 0.134. The molecule has 0 saturated carbocycles. The van der Waals surface area contributed by atoms with Crippen LogP contribution in [0.1, 0.15) is 60.8 Å². The molecule has 1 aliphatic heterocycles. The van der Waals surface area contributed by atoms with Crippen molar-refractivity contribution in [3.05, 3.63) is 113 Å². The van der Waals surface area contributed by atoms with Gasteiger partial charge in [-0.1, -0.05) is 106 Å². The van der Waals surface area contributed by atoms with Crippen LogP contribution in [0.3, 0.4) is 0 Å². The van der Waals surface area contributed by atoms with Crippen molar-refractivity contribution in [2.75, 3.05) is 26.2 Å². The molecule has 36 heavy (non-hydrogen) atoms. The van der Waals surface area contributed by atoms with E-state index in [1.165, 1.54) is 16.7 Å². The van der Waals surface area contributed by atoms with Crippen molar-refractivity contribution in [3.8, 4) is 11.4 Å². The van der Waals surface area contributed by atoms with Gasteiger partial charge in [0.25, 0.3) is 0 Å². The molecule has 2 N–H and O–H groups in total. The zero-order valence-electron chi connectivity index (χ0n) is 22.0.